The molecule has 0 atom stereocenters. The Labute approximate surface area is 84.8 Å². The van der Waals surface area contributed by atoms with Gasteiger partial charge in [-0.3, -0.25) is 0 Å². The third-order valence-corrected chi connectivity index (χ3v) is 2.14. The number of rotatable bonds is 3. The van der Waals surface area contributed by atoms with E-state index in [0.29, 0.717) is 0 Å². The average molecular weight is 183 g/mol. The minimum absolute atomic E-state index is 0.862. The summed E-state index contributed by atoms with van der Waals surface area (Å²) < 4.78 is 1.85. The maximum Gasteiger partial charge on any atom is 0.225 e. The lowest BCUT2D eigenvalue weighted by molar-refractivity contribution is 0.863. The Bertz CT molecular complexity index is 399. The highest BCUT2D eigenvalue weighted by atomic mass is 15.4. The van der Waals surface area contributed by atoms with Crippen LogP contribution in [0.25, 0.3) is 0 Å². The molecule has 2 aromatic rings. The number of nitrogens with zero attached hydrogens (tertiary/aromatic N) is 3. The second kappa shape index (κ2) is 4.13. The first-order valence-corrected chi connectivity index (χ1v) is 4.81. The molecule has 0 saturated heterocycles. The van der Waals surface area contributed by atoms with E-state index >= 15 is 0 Å². The molecule has 0 amide bonds. The predicted molar refractivity (Wildman–Crippen MR) is 60.4 cm³/mol. The van der Waals surface area contributed by atoms with Gasteiger partial charge in [-0.2, -0.15) is 0 Å². The van der Waals surface area contributed by atoms with Gasteiger partial charge in [0.1, 0.15) is 0 Å². The van der Waals surface area contributed by atoms with Crippen LogP contribution in [-0.4, -0.2) is 29.9 Å². The van der Waals surface area contributed by atoms with Crippen LogP contribution in [0.5, 0.6) is 0 Å². The molecule has 0 radical (unpaired) electrons. The van der Waals surface area contributed by atoms with Gasteiger partial charge in [-0.15, -0.1) is 5.10 Å². The van der Waals surface area contributed by atoms with Crippen LogP contribution in [-0.2, 0) is 6.42 Å². The molecule has 0 aliphatic rings. The first kappa shape index (κ1) is 9.06. The molecule has 0 spiro atoms. The van der Waals surface area contributed by atoms with Crippen LogP contribution in [0.2, 0.25) is 0 Å². The first-order valence-electron chi connectivity index (χ1n) is 4.81. The van der Waals surface area contributed by atoms with Crippen molar-refractivity contribution in [3.05, 3.63) is 47.8 Å². The van der Waals surface area contributed by atoms with E-state index in [1.165, 1.54) is 5.56 Å². The minimum Gasteiger partial charge on any atom is -0.312 e. The van der Waals surface area contributed by atoms with Crippen LogP contribution in [0, 0.1) is 0 Å². The van der Waals surface area contributed by atoms with Crippen LogP contribution in [0.4, 0.5) is 0 Å². The van der Waals surface area contributed by atoms with Crippen molar-refractivity contribution in [2.45, 2.75) is 6.42 Å². The SMILES string of the molecule is BBn1cc(Cc2ccccc2)nn1. The first-order chi connectivity index (χ1) is 6.88. The molecule has 0 aliphatic heterocycles. The summed E-state index contributed by atoms with van der Waals surface area (Å²) in [4.78, 5) is 0. The molecule has 0 saturated carbocycles. The summed E-state index contributed by atoms with van der Waals surface area (Å²) in [6, 6.07) is 10.3. The molecule has 68 valence electrons. The molecular formula is C9H11B2N3. The van der Waals surface area contributed by atoms with E-state index in [2.05, 4.69) is 30.2 Å². The second-order valence-electron chi connectivity index (χ2n) is 3.23. The Morgan fingerprint density at radius 2 is 2.07 bits per heavy atom. The molecule has 3 nitrogen and oxygen atoms in total. The summed E-state index contributed by atoms with van der Waals surface area (Å²) in [5.41, 5.74) is 2.30. The quantitative estimate of drug-likeness (QED) is 0.606. The van der Waals surface area contributed by atoms with E-state index in [9.17, 15) is 0 Å². The van der Waals surface area contributed by atoms with E-state index in [-0.39, 0.29) is 0 Å². The summed E-state index contributed by atoms with van der Waals surface area (Å²) in [6.07, 6.45) is 2.86. The third kappa shape index (κ3) is 2.05. The number of benzene rings is 1. The molecular weight excluding hydrogens is 172 g/mol. The average Bonchev–Trinajstić information content (AvgIpc) is 2.67. The Hall–Kier alpha value is -1.51. The molecule has 1 aromatic carbocycles. The van der Waals surface area contributed by atoms with E-state index in [1.54, 1.807) is 0 Å². The highest BCUT2D eigenvalue weighted by molar-refractivity contribution is 6.88. The number of aromatic nitrogens is 3. The van der Waals surface area contributed by atoms with Crippen LogP contribution >= 0.6 is 0 Å². The van der Waals surface area contributed by atoms with Gasteiger partial charge in [-0.05, 0) is 5.56 Å². The van der Waals surface area contributed by atoms with Gasteiger partial charge in [0.05, 0.1) is 13.4 Å². The van der Waals surface area contributed by atoms with Crippen molar-refractivity contribution in [3.63, 3.8) is 0 Å². The molecule has 1 aromatic heterocycles. The van der Waals surface area contributed by atoms with Crippen LogP contribution in [0.1, 0.15) is 11.3 Å². The summed E-state index contributed by atoms with van der Waals surface area (Å²) >= 11 is 0. The Morgan fingerprint density at radius 1 is 1.29 bits per heavy atom. The lowest BCUT2D eigenvalue weighted by Gasteiger charge is -1.95. The Morgan fingerprint density at radius 3 is 2.71 bits per heavy atom. The fourth-order valence-electron chi connectivity index (χ4n) is 1.38. The van der Waals surface area contributed by atoms with E-state index in [4.69, 9.17) is 0 Å². The van der Waals surface area contributed by atoms with Gasteiger partial charge in [-0.25, -0.2) is 0 Å². The van der Waals surface area contributed by atoms with Crippen molar-refractivity contribution < 1.29 is 0 Å². The molecule has 0 bridgehead atoms. The van der Waals surface area contributed by atoms with E-state index in [1.807, 2.05) is 29.0 Å². The highest BCUT2D eigenvalue weighted by Gasteiger charge is 2.00. The molecule has 14 heavy (non-hydrogen) atoms. The molecule has 0 N–H and O–H groups in total. The summed E-state index contributed by atoms with van der Waals surface area (Å²) in [5.74, 6) is 0. The zero-order valence-corrected chi connectivity index (χ0v) is 8.22. The van der Waals surface area contributed by atoms with Crippen LogP contribution < -0.4 is 0 Å². The van der Waals surface area contributed by atoms with Gasteiger partial charge >= 0.3 is 0 Å². The number of hydrogen-bond acceptors (Lipinski definition) is 2. The molecule has 0 fully saturated rings. The normalized spacial score (nSPS) is 10.0. The summed E-state index contributed by atoms with van der Waals surface area (Å²) in [5, 5.41) is 8.09. The molecule has 1 heterocycles. The Kier molecular flexibility index (Phi) is 2.68. The fourth-order valence-corrected chi connectivity index (χ4v) is 1.38. The van der Waals surface area contributed by atoms with Gasteiger partial charge in [-0.1, -0.05) is 35.5 Å². The maximum atomic E-state index is 4.10. The lowest BCUT2D eigenvalue weighted by Crippen LogP contribution is -2.05. The summed E-state index contributed by atoms with van der Waals surface area (Å²) in [6.45, 7) is 0. The smallest absolute Gasteiger partial charge is 0.225 e. The largest absolute Gasteiger partial charge is 0.312 e. The van der Waals surface area contributed by atoms with Gasteiger partial charge < -0.3 is 4.59 Å². The third-order valence-electron chi connectivity index (χ3n) is 2.14. The fraction of sp³-hybridized carbons (Fsp3) is 0.111. The monoisotopic (exact) mass is 183 g/mol. The van der Waals surface area contributed by atoms with Crippen LogP contribution in [0.3, 0.4) is 0 Å². The topological polar surface area (TPSA) is 30.7 Å². The van der Waals surface area contributed by atoms with Crippen molar-refractivity contribution in [2.24, 2.45) is 0 Å². The van der Waals surface area contributed by atoms with Crippen molar-refractivity contribution in [1.82, 2.24) is 14.9 Å². The zero-order chi connectivity index (χ0) is 9.80. The Balaban J connectivity index is 2.11. The van der Waals surface area contributed by atoms with Crippen LogP contribution in [0.15, 0.2) is 36.5 Å². The summed E-state index contributed by atoms with van der Waals surface area (Å²) in [7, 11) is 2.93. The predicted octanol–water partition coefficient (Wildman–Crippen LogP) is -0.383. The molecule has 0 aliphatic carbocycles. The second-order valence-corrected chi connectivity index (χ2v) is 3.23. The zero-order valence-electron chi connectivity index (χ0n) is 8.22. The van der Waals surface area contributed by atoms with Gasteiger partial charge in [0.2, 0.25) is 7.31 Å². The molecule has 0 unspecified atom stereocenters. The van der Waals surface area contributed by atoms with Crippen molar-refractivity contribution in [3.8, 4) is 0 Å². The van der Waals surface area contributed by atoms with Gasteiger partial charge in [0, 0.05) is 12.6 Å². The van der Waals surface area contributed by atoms with Crippen molar-refractivity contribution in [2.75, 3.05) is 0 Å². The van der Waals surface area contributed by atoms with Gasteiger partial charge in [0.25, 0.3) is 0 Å². The highest BCUT2D eigenvalue weighted by Crippen LogP contribution is 2.05. The van der Waals surface area contributed by atoms with E-state index in [0.717, 1.165) is 19.4 Å². The van der Waals surface area contributed by atoms with Gasteiger partial charge in [0.15, 0.2) is 0 Å². The standard InChI is InChI=1S/C9H11B2N3/c10-11-14-7-9(12-13-14)6-8-4-2-1-3-5-8/h1-5,7,11H,6,10H2. The lowest BCUT2D eigenvalue weighted by atomic mass is 9.67. The molecule has 5 heteroatoms. The van der Waals surface area contributed by atoms with E-state index < -0.39 is 0 Å². The van der Waals surface area contributed by atoms with Crippen molar-refractivity contribution >= 4 is 15.0 Å². The maximum absolute atomic E-state index is 4.10. The molecule has 2 rings (SSSR count). The van der Waals surface area contributed by atoms with Crippen molar-refractivity contribution in [1.29, 1.82) is 0 Å². The minimum atomic E-state index is 0.862. The number of hydrogen-bond donors (Lipinski definition) is 0.